The fourth-order valence-corrected chi connectivity index (χ4v) is 2.27. The number of amides is 1. The maximum absolute atomic E-state index is 13.6. The van der Waals surface area contributed by atoms with Crippen LogP contribution in [-0.2, 0) is 0 Å². The molecule has 1 aromatic carbocycles. The van der Waals surface area contributed by atoms with Gasteiger partial charge in [-0.05, 0) is 25.6 Å². The molecule has 0 atom stereocenters. The molecule has 0 radical (unpaired) electrons. The molecule has 0 spiro atoms. The van der Waals surface area contributed by atoms with Crippen LogP contribution in [0.1, 0.15) is 22.8 Å². The van der Waals surface area contributed by atoms with Crippen molar-refractivity contribution < 1.29 is 9.18 Å². The highest BCUT2D eigenvalue weighted by molar-refractivity contribution is 5.95. The van der Waals surface area contributed by atoms with E-state index < -0.39 is 5.82 Å². The van der Waals surface area contributed by atoms with Gasteiger partial charge in [0, 0.05) is 43.0 Å². The van der Waals surface area contributed by atoms with Gasteiger partial charge in [-0.15, -0.1) is 0 Å². The van der Waals surface area contributed by atoms with E-state index in [4.69, 9.17) is 5.73 Å². The van der Waals surface area contributed by atoms with E-state index in [1.807, 2.05) is 0 Å². The fraction of sp³-hybridized carbons (Fsp3) is 0.500. The van der Waals surface area contributed by atoms with Crippen LogP contribution in [0.3, 0.4) is 0 Å². The first-order chi connectivity index (χ1) is 9.02. The lowest BCUT2D eigenvalue weighted by Crippen LogP contribution is -2.48. The molecule has 4 nitrogen and oxygen atoms in total. The molecule has 1 saturated heterocycles. The molecule has 2 N–H and O–H groups in total. The number of nitrogen functional groups attached to an aromatic ring is 1. The summed E-state index contributed by atoms with van der Waals surface area (Å²) in [6, 6.07) is 2.84. The van der Waals surface area contributed by atoms with Gasteiger partial charge in [0.25, 0.3) is 5.91 Å². The number of hydrogen-bond acceptors (Lipinski definition) is 3. The van der Waals surface area contributed by atoms with Crippen LogP contribution in [-0.4, -0.2) is 48.4 Å². The number of nitrogens with two attached hydrogens (primary N) is 1. The summed E-state index contributed by atoms with van der Waals surface area (Å²) in [6.07, 6.45) is 0. The zero-order chi connectivity index (χ0) is 14.0. The van der Waals surface area contributed by atoms with Crippen molar-refractivity contribution in [1.29, 1.82) is 0 Å². The van der Waals surface area contributed by atoms with Crippen LogP contribution >= 0.6 is 0 Å². The van der Waals surface area contributed by atoms with Crippen LogP contribution in [0.5, 0.6) is 0 Å². The Kier molecular flexibility index (Phi) is 4.04. The second-order valence-corrected chi connectivity index (χ2v) is 4.90. The largest absolute Gasteiger partial charge is 0.398 e. The molecular formula is C14H20FN3O. The lowest BCUT2D eigenvalue weighted by Gasteiger charge is -2.34. The number of halogens is 1. The number of rotatable bonds is 2. The van der Waals surface area contributed by atoms with Gasteiger partial charge in [-0.2, -0.15) is 0 Å². The molecule has 1 aromatic rings. The van der Waals surface area contributed by atoms with Crippen molar-refractivity contribution in [2.75, 3.05) is 38.5 Å². The van der Waals surface area contributed by atoms with Crippen molar-refractivity contribution in [3.8, 4) is 0 Å². The number of carbonyl (C=O) groups is 1. The summed E-state index contributed by atoms with van der Waals surface area (Å²) in [4.78, 5) is 16.3. The molecule has 1 aliphatic heterocycles. The van der Waals surface area contributed by atoms with Crippen LogP contribution in [0.4, 0.5) is 10.1 Å². The van der Waals surface area contributed by atoms with Gasteiger partial charge in [-0.25, -0.2) is 4.39 Å². The van der Waals surface area contributed by atoms with Gasteiger partial charge < -0.3 is 15.5 Å². The highest BCUT2D eigenvalue weighted by atomic mass is 19.1. The van der Waals surface area contributed by atoms with E-state index in [1.54, 1.807) is 17.9 Å². The van der Waals surface area contributed by atoms with Crippen molar-refractivity contribution in [2.24, 2.45) is 0 Å². The van der Waals surface area contributed by atoms with Gasteiger partial charge in [-0.1, -0.05) is 6.92 Å². The number of nitrogens with zero attached hydrogens (tertiary/aromatic N) is 2. The van der Waals surface area contributed by atoms with Gasteiger partial charge in [0.2, 0.25) is 0 Å². The maximum Gasteiger partial charge on any atom is 0.254 e. The standard InChI is InChI=1S/C14H20FN3O/c1-3-17-4-6-18(7-5-17)14(19)11-8-12(15)10(2)13(16)9-11/h8-9H,3-7,16H2,1-2H3. The lowest BCUT2D eigenvalue weighted by molar-refractivity contribution is 0.0643. The average Bonchev–Trinajstić information content (AvgIpc) is 2.43. The topological polar surface area (TPSA) is 49.6 Å². The molecule has 1 heterocycles. The van der Waals surface area contributed by atoms with E-state index in [-0.39, 0.29) is 5.91 Å². The predicted molar refractivity (Wildman–Crippen MR) is 73.6 cm³/mol. The molecule has 1 fully saturated rings. The first-order valence-electron chi connectivity index (χ1n) is 6.60. The van der Waals surface area contributed by atoms with Crippen LogP contribution in [0.25, 0.3) is 0 Å². The predicted octanol–water partition coefficient (Wildman–Crippen LogP) is 1.49. The van der Waals surface area contributed by atoms with Crippen molar-refractivity contribution in [3.05, 3.63) is 29.1 Å². The summed E-state index contributed by atoms with van der Waals surface area (Å²) in [6.45, 7) is 7.81. The maximum atomic E-state index is 13.6. The van der Waals surface area contributed by atoms with Crippen molar-refractivity contribution >= 4 is 11.6 Å². The number of likely N-dealkylation sites (N-methyl/N-ethyl adjacent to an activating group) is 1. The van der Waals surface area contributed by atoms with Gasteiger partial charge in [0.05, 0.1) is 0 Å². The Morgan fingerprint density at radius 3 is 2.47 bits per heavy atom. The lowest BCUT2D eigenvalue weighted by atomic mass is 10.1. The summed E-state index contributed by atoms with van der Waals surface area (Å²) in [5.74, 6) is -0.558. The van der Waals surface area contributed by atoms with E-state index in [0.29, 0.717) is 29.9 Å². The molecule has 5 heteroatoms. The molecule has 2 rings (SSSR count). The smallest absolute Gasteiger partial charge is 0.254 e. The first-order valence-corrected chi connectivity index (χ1v) is 6.60. The van der Waals surface area contributed by atoms with Crippen molar-refractivity contribution in [2.45, 2.75) is 13.8 Å². The highest BCUT2D eigenvalue weighted by Crippen LogP contribution is 2.19. The van der Waals surface area contributed by atoms with Crippen LogP contribution in [0, 0.1) is 12.7 Å². The number of carbonyl (C=O) groups excluding carboxylic acids is 1. The van der Waals surface area contributed by atoms with Crippen LogP contribution in [0.2, 0.25) is 0 Å². The summed E-state index contributed by atoms with van der Waals surface area (Å²) < 4.78 is 13.6. The third kappa shape index (κ3) is 2.87. The number of hydrogen-bond donors (Lipinski definition) is 1. The molecule has 0 saturated carbocycles. The van der Waals surface area contributed by atoms with E-state index in [1.165, 1.54) is 6.07 Å². The SMILES string of the molecule is CCN1CCN(C(=O)c2cc(N)c(C)c(F)c2)CC1. The van der Waals surface area contributed by atoms with Crippen LogP contribution < -0.4 is 5.73 Å². The summed E-state index contributed by atoms with van der Waals surface area (Å²) in [7, 11) is 0. The van der Waals surface area contributed by atoms with Crippen molar-refractivity contribution in [1.82, 2.24) is 9.80 Å². The van der Waals surface area contributed by atoms with Crippen LogP contribution in [0.15, 0.2) is 12.1 Å². The highest BCUT2D eigenvalue weighted by Gasteiger charge is 2.22. The Hall–Kier alpha value is -1.62. The molecule has 1 aliphatic rings. The Labute approximate surface area is 113 Å². The minimum Gasteiger partial charge on any atom is -0.398 e. The zero-order valence-corrected chi connectivity index (χ0v) is 11.4. The number of piperazine rings is 1. The summed E-state index contributed by atoms with van der Waals surface area (Å²) >= 11 is 0. The zero-order valence-electron chi connectivity index (χ0n) is 11.4. The summed E-state index contributed by atoms with van der Waals surface area (Å²) in [5, 5.41) is 0. The minimum atomic E-state index is -0.421. The molecule has 0 unspecified atom stereocenters. The Balaban J connectivity index is 2.12. The molecule has 1 amide bonds. The Morgan fingerprint density at radius 2 is 1.95 bits per heavy atom. The quantitative estimate of drug-likeness (QED) is 0.824. The van der Waals surface area contributed by atoms with Gasteiger partial charge in [-0.3, -0.25) is 4.79 Å². The molecular weight excluding hydrogens is 245 g/mol. The summed E-state index contributed by atoms with van der Waals surface area (Å²) in [5.41, 5.74) is 6.78. The first kappa shape index (κ1) is 13.8. The van der Waals surface area contributed by atoms with E-state index in [2.05, 4.69) is 11.8 Å². The molecule has 19 heavy (non-hydrogen) atoms. The third-order valence-corrected chi connectivity index (χ3v) is 3.74. The normalized spacial score (nSPS) is 16.7. The van der Waals surface area contributed by atoms with E-state index in [9.17, 15) is 9.18 Å². The monoisotopic (exact) mass is 265 g/mol. The minimum absolute atomic E-state index is 0.138. The molecule has 0 bridgehead atoms. The van der Waals surface area contributed by atoms with Crippen molar-refractivity contribution in [3.63, 3.8) is 0 Å². The number of benzene rings is 1. The second kappa shape index (κ2) is 5.57. The second-order valence-electron chi connectivity index (χ2n) is 4.90. The molecule has 104 valence electrons. The van der Waals surface area contributed by atoms with E-state index >= 15 is 0 Å². The average molecular weight is 265 g/mol. The molecule has 0 aromatic heterocycles. The Morgan fingerprint density at radius 1 is 1.32 bits per heavy atom. The number of anilines is 1. The van der Waals surface area contributed by atoms with Gasteiger partial charge in [0.1, 0.15) is 5.82 Å². The fourth-order valence-electron chi connectivity index (χ4n) is 2.27. The van der Waals surface area contributed by atoms with Gasteiger partial charge in [0.15, 0.2) is 0 Å². The third-order valence-electron chi connectivity index (χ3n) is 3.74. The Bertz CT molecular complexity index is 459. The van der Waals surface area contributed by atoms with E-state index in [0.717, 1.165) is 19.6 Å². The molecule has 0 aliphatic carbocycles. The van der Waals surface area contributed by atoms with Gasteiger partial charge >= 0.3 is 0 Å².